The second-order valence-corrected chi connectivity index (χ2v) is 6.10. The van der Waals surface area contributed by atoms with Crippen molar-refractivity contribution >= 4 is 6.03 Å². The van der Waals surface area contributed by atoms with Gasteiger partial charge in [0.25, 0.3) is 0 Å². The van der Waals surface area contributed by atoms with E-state index in [1.54, 1.807) is 4.90 Å². The van der Waals surface area contributed by atoms with Crippen LogP contribution in [0.15, 0.2) is 12.4 Å². The molecular formula is C15H24N4O2. The first-order valence-electron chi connectivity index (χ1n) is 7.83. The van der Waals surface area contributed by atoms with E-state index in [1.165, 1.54) is 0 Å². The van der Waals surface area contributed by atoms with E-state index in [0.29, 0.717) is 12.5 Å². The molecule has 2 aliphatic heterocycles. The number of imidazole rings is 1. The van der Waals surface area contributed by atoms with Gasteiger partial charge in [-0.15, -0.1) is 0 Å². The van der Waals surface area contributed by atoms with Crippen molar-refractivity contribution in [2.75, 3.05) is 26.7 Å². The number of aromatic nitrogens is 2. The zero-order valence-corrected chi connectivity index (χ0v) is 12.6. The van der Waals surface area contributed by atoms with Crippen LogP contribution in [0.3, 0.4) is 0 Å². The van der Waals surface area contributed by atoms with Crippen LogP contribution in [0.25, 0.3) is 0 Å². The molecule has 2 atom stereocenters. The van der Waals surface area contributed by atoms with Gasteiger partial charge in [-0.2, -0.15) is 0 Å². The molecular weight excluding hydrogens is 268 g/mol. The predicted octanol–water partition coefficient (Wildman–Crippen LogP) is 1.27. The predicted molar refractivity (Wildman–Crippen MR) is 79.0 cm³/mol. The van der Waals surface area contributed by atoms with E-state index in [-0.39, 0.29) is 12.1 Å². The number of amides is 2. The molecule has 1 aromatic rings. The van der Waals surface area contributed by atoms with Crippen LogP contribution < -0.4 is 5.32 Å². The number of hydrogen-bond acceptors (Lipinski definition) is 3. The quantitative estimate of drug-likeness (QED) is 0.909. The van der Waals surface area contributed by atoms with Crippen molar-refractivity contribution < 1.29 is 9.53 Å². The highest BCUT2D eigenvalue weighted by molar-refractivity contribution is 5.73. The Morgan fingerprint density at radius 2 is 2.48 bits per heavy atom. The fourth-order valence-corrected chi connectivity index (χ4v) is 3.18. The van der Waals surface area contributed by atoms with Crippen LogP contribution in [0.5, 0.6) is 0 Å². The summed E-state index contributed by atoms with van der Waals surface area (Å²) in [7, 11) is 1.87. The van der Waals surface area contributed by atoms with Crippen LogP contribution in [0, 0.1) is 5.92 Å². The highest BCUT2D eigenvalue weighted by Gasteiger charge is 2.23. The van der Waals surface area contributed by atoms with Gasteiger partial charge >= 0.3 is 6.03 Å². The summed E-state index contributed by atoms with van der Waals surface area (Å²) in [6, 6.07) is -0.000541. The maximum Gasteiger partial charge on any atom is 0.317 e. The Hall–Kier alpha value is -1.56. The lowest BCUT2D eigenvalue weighted by Crippen LogP contribution is -2.43. The third-order valence-corrected chi connectivity index (χ3v) is 4.43. The molecule has 0 aliphatic carbocycles. The third kappa shape index (κ3) is 3.56. The molecule has 2 amide bonds. The minimum Gasteiger partial charge on any atom is -0.376 e. The number of ether oxygens (including phenoxy) is 1. The van der Waals surface area contributed by atoms with Gasteiger partial charge in [0.15, 0.2) is 0 Å². The Morgan fingerprint density at radius 1 is 1.57 bits per heavy atom. The molecule has 0 aromatic carbocycles. The molecule has 0 bridgehead atoms. The van der Waals surface area contributed by atoms with Gasteiger partial charge in [0.2, 0.25) is 0 Å². The second kappa shape index (κ2) is 6.47. The van der Waals surface area contributed by atoms with Crippen LogP contribution in [0.2, 0.25) is 0 Å². The Balaban J connectivity index is 1.43. The van der Waals surface area contributed by atoms with Gasteiger partial charge < -0.3 is 19.5 Å². The second-order valence-electron chi connectivity index (χ2n) is 6.10. The first-order chi connectivity index (χ1) is 10.2. The summed E-state index contributed by atoms with van der Waals surface area (Å²) in [4.78, 5) is 18.3. The average molecular weight is 292 g/mol. The summed E-state index contributed by atoms with van der Waals surface area (Å²) in [6.07, 6.45) is 8.30. The lowest BCUT2D eigenvalue weighted by atomic mass is 9.97. The number of nitrogens with one attached hydrogen (secondary N) is 1. The van der Waals surface area contributed by atoms with E-state index < -0.39 is 0 Å². The van der Waals surface area contributed by atoms with Gasteiger partial charge in [0.1, 0.15) is 5.82 Å². The summed E-state index contributed by atoms with van der Waals surface area (Å²) >= 11 is 0. The van der Waals surface area contributed by atoms with Gasteiger partial charge in [0.05, 0.1) is 6.10 Å². The van der Waals surface area contributed by atoms with E-state index in [1.807, 2.05) is 19.4 Å². The van der Waals surface area contributed by atoms with E-state index in [0.717, 1.165) is 51.2 Å². The zero-order valence-electron chi connectivity index (χ0n) is 12.6. The first kappa shape index (κ1) is 14.4. The SMILES string of the molecule is CN(CC1CCn2ccnc2C1)C(=O)NCC1CCCO1. The molecule has 3 rings (SSSR count). The summed E-state index contributed by atoms with van der Waals surface area (Å²) in [6.45, 7) is 3.24. The summed E-state index contributed by atoms with van der Waals surface area (Å²) in [5.74, 6) is 1.64. The smallest absolute Gasteiger partial charge is 0.317 e. The van der Waals surface area contributed by atoms with Crippen LogP contribution in [-0.4, -0.2) is 53.3 Å². The van der Waals surface area contributed by atoms with Gasteiger partial charge in [-0.1, -0.05) is 0 Å². The summed E-state index contributed by atoms with van der Waals surface area (Å²) < 4.78 is 7.72. The Labute approximate surface area is 125 Å². The van der Waals surface area contributed by atoms with Crippen LogP contribution in [-0.2, 0) is 17.7 Å². The fraction of sp³-hybridized carbons (Fsp3) is 0.733. The molecule has 116 valence electrons. The molecule has 1 N–H and O–H groups in total. The van der Waals surface area contributed by atoms with Crippen molar-refractivity contribution in [1.82, 2.24) is 19.8 Å². The number of carbonyl (C=O) groups excluding carboxylic acids is 1. The molecule has 2 aliphatic rings. The topological polar surface area (TPSA) is 59.4 Å². The first-order valence-corrected chi connectivity index (χ1v) is 7.83. The van der Waals surface area contributed by atoms with Crippen molar-refractivity contribution in [3.63, 3.8) is 0 Å². The van der Waals surface area contributed by atoms with E-state index in [2.05, 4.69) is 14.9 Å². The van der Waals surface area contributed by atoms with E-state index >= 15 is 0 Å². The number of rotatable bonds is 4. The zero-order chi connectivity index (χ0) is 14.7. The maximum atomic E-state index is 12.1. The number of nitrogens with zero attached hydrogens (tertiary/aromatic N) is 3. The lowest BCUT2D eigenvalue weighted by Gasteiger charge is -2.28. The van der Waals surface area contributed by atoms with Crippen molar-refractivity contribution in [2.45, 2.75) is 38.3 Å². The molecule has 6 nitrogen and oxygen atoms in total. The van der Waals surface area contributed by atoms with Crippen molar-refractivity contribution in [2.24, 2.45) is 5.92 Å². The minimum atomic E-state index is -0.000541. The Bertz CT molecular complexity index is 482. The number of hydrogen-bond donors (Lipinski definition) is 1. The van der Waals surface area contributed by atoms with Crippen molar-refractivity contribution in [3.05, 3.63) is 18.2 Å². The highest BCUT2D eigenvalue weighted by Crippen LogP contribution is 2.19. The Kier molecular flexibility index (Phi) is 4.43. The molecule has 1 aromatic heterocycles. The van der Waals surface area contributed by atoms with Crippen molar-refractivity contribution in [1.29, 1.82) is 0 Å². The molecule has 0 spiro atoms. The van der Waals surface area contributed by atoms with Gasteiger partial charge in [-0.25, -0.2) is 9.78 Å². The molecule has 6 heteroatoms. The molecule has 3 heterocycles. The summed E-state index contributed by atoms with van der Waals surface area (Å²) in [5.41, 5.74) is 0. The summed E-state index contributed by atoms with van der Waals surface area (Å²) in [5, 5.41) is 2.97. The van der Waals surface area contributed by atoms with Gasteiger partial charge in [-0.05, 0) is 25.2 Å². The highest BCUT2D eigenvalue weighted by atomic mass is 16.5. The molecule has 1 saturated heterocycles. The molecule has 0 saturated carbocycles. The number of aryl methyl sites for hydroxylation is 1. The van der Waals surface area contributed by atoms with Gasteiger partial charge in [0, 0.05) is 52.1 Å². The average Bonchev–Trinajstić information content (AvgIpc) is 3.15. The fourth-order valence-electron chi connectivity index (χ4n) is 3.18. The lowest BCUT2D eigenvalue weighted by molar-refractivity contribution is 0.109. The number of carbonyl (C=O) groups is 1. The molecule has 2 unspecified atom stereocenters. The van der Waals surface area contributed by atoms with E-state index in [9.17, 15) is 4.79 Å². The minimum absolute atomic E-state index is 0.000541. The standard InChI is InChI=1S/C15H24N4O2/c1-18(15(20)17-10-13-3-2-8-21-13)11-12-4-6-19-7-5-16-14(19)9-12/h5,7,12-13H,2-4,6,8-11H2,1H3,(H,17,20). The molecule has 1 fully saturated rings. The number of urea groups is 1. The van der Waals surface area contributed by atoms with Gasteiger partial charge in [-0.3, -0.25) is 0 Å². The Morgan fingerprint density at radius 3 is 3.29 bits per heavy atom. The monoisotopic (exact) mass is 292 g/mol. The van der Waals surface area contributed by atoms with Crippen LogP contribution >= 0.6 is 0 Å². The van der Waals surface area contributed by atoms with E-state index in [4.69, 9.17) is 4.74 Å². The largest absolute Gasteiger partial charge is 0.376 e. The molecule has 21 heavy (non-hydrogen) atoms. The van der Waals surface area contributed by atoms with Crippen LogP contribution in [0.1, 0.15) is 25.1 Å². The van der Waals surface area contributed by atoms with Crippen LogP contribution in [0.4, 0.5) is 4.79 Å². The number of fused-ring (bicyclic) bond motifs is 1. The molecule has 0 radical (unpaired) electrons. The van der Waals surface area contributed by atoms with Crippen molar-refractivity contribution in [3.8, 4) is 0 Å². The normalized spacial score (nSPS) is 24.6. The maximum absolute atomic E-state index is 12.1. The third-order valence-electron chi connectivity index (χ3n) is 4.43.